The van der Waals surface area contributed by atoms with Gasteiger partial charge in [-0.25, -0.2) is 4.39 Å². The van der Waals surface area contributed by atoms with E-state index >= 15 is 0 Å². The molecule has 4 rings (SSSR count). The third-order valence-corrected chi connectivity index (χ3v) is 6.38. The van der Waals surface area contributed by atoms with Crippen molar-refractivity contribution in [2.75, 3.05) is 33.8 Å². The van der Waals surface area contributed by atoms with E-state index in [4.69, 9.17) is 23.1 Å². The standard InChI is InChI=1S/C26H32FNO5/c1-17(2)32-22-8-5-18(13-24(22)31-4)25(29)28-11-9-26(10-12-28)15-19(16-30-3)21-7-6-20(27)14-23(21)33-26/h5-8,13-14,17,19H,9-12,15-16H2,1-4H3/i3D3. The molecule has 0 saturated carbocycles. The number of fused-ring (bicyclic) bond motifs is 1. The molecular formula is C26H32FNO5. The molecule has 6 nitrogen and oxygen atoms in total. The van der Waals surface area contributed by atoms with E-state index in [1.54, 1.807) is 29.2 Å². The molecule has 1 amide bonds. The number of carbonyl (C=O) groups is 1. The largest absolute Gasteiger partial charge is 0.493 e. The van der Waals surface area contributed by atoms with E-state index in [1.807, 2.05) is 13.8 Å². The number of halogens is 1. The fourth-order valence-corrected chi connectivity index (χ4v) is 4.78. The summed E-state index contributed by atoms with van der Waals surface area (Å²) in [5.74, 6) is 0.680. The van der Waals surface area contributed by atoms with Crippen molar-refractivity contribution in [3.05, 3.63) is 53.3 Å². The smallest absolute Gasteiger partial charge is 0.253 e. The zero-order valence-corrected chi connectivity index (χ0v) is 19.2. The number of rotatable bonds is 6. The van der Waals surface area contributed by atoms with Crippen LogP contribution in [0.25, 0.3) is 0 Å². The Morgan fingerprint density at radius 3 is 2.73 bits per heavy atom. The number of piperidine rings is 1. The maximum absolute atomic E-state index is 14.0. The number of methoxy groups -OCH3 is 2. The molecule has 2 aliphatic heterocycles. The number of hydrogen-bond donors (Lipinski definition) is 0. The number of ether oxygens (including phenoxy) is 4. The van der Waals surface area contributed by atoms with Gasteiger partial charge < -0.3 is 23.8 Å². The van der Waals surface area contributed by atoms with Crippen molar-refractivity contribution in [3.8, 4) is 17.2 Å². The van der Waals surface area contributed by atoms with Crippen LogP contribution in [-0.2, 0) is 4.74 Å². The number of amides is 1. The van der Waals surface area contributed by atoms with Gasteiger partial charge in [-0.2, -0.15) is 0 Å². The van der Waals surface area contributed by atoms with Gasteiger partial charge >= 0.3 is 0 Å². The van der Waals surface area contributed by atoms with Crippen molar-refractivity contribution in [2.45, 2.75) is 50.7 Å². The monoisotopic (exact) mass is 460 g/mol. The van der Waals surface area contributed by atoms with Gasteiger partial charge in [0.05, 0.1) is 23.9 Å². The molecule has 0 aromatic heterocycles. The third-order valence-electron chi connectivity index (χ3n) is 6.38. The predicted octanol–water partition coefficient (Wildman–Crippen LogP) is 4.81. The minimum absolute atomic E-state index is 0.0204. The van der Waals surface area contributed by atoms with Crippen molar-refractivity contribution in [1.82, 2.24) is 4.90 Å². The number of carbonyl (C=O) groups excluding carboxylic acids is 1. The van der Waals surface area contributed by atoms with Gasteiger partial charge in [0.25, 0.3) is 5.91 Å². The summed E-state index contributed by atoms with van der Waals surface area (Å²) in [6, 6.07) is 9.46. The van der Waals surface area contributed by atoms with Gasteiger partial charge in [-0.3, -0.25) is 4.79 Å². The maximum atomic E-state index is 14.0. The van der Waals surface area contributed by atoms with Gasteiger partial charge in [-0.1, -0.05) is 6.07 Å². The quantitative estimate of drug-likeness (QED) is 0.619. The molecule has 1 unspecified atom stereocenters. The second-order valence-electron chi connectivity index (χ2n) is 9.00. The predicted molar refractivity (Wildman–Crippen MR) is 123 cm³/mol. The second-order valence-corrected chi connectivity index (χ2v) is 9.00. The van der Waals surface area contributed by atoms with Crippen LogP contribution < -0.4 is 14.2 Å². The van der Waals surface area contributed by atoms with Crippen molar-refractivity contribution in [3.63, 3.8) is 0 Å². The summed E-state index contributed by atoms with van der Waals surface area (Å²) in [7, 11) is -0.979. The Morgan fingerprint density at radius 1 is 1.24 bits per heavy atom. The summed E-state index contributed by atoms with van der Waals surface area (Å²) in [6.45, 7) is 4.71. The summed E-state index contributed by atoms with van der Waals surface area (Å²) in [6.07, 6.45) is 1.57. The molecule has 2 aromatic carbocycles. The van der Waals surface area contributed by atoms with E-state index in [-0.39, 0.29) is 24.5 Å². The molecule has 0 N–H and O–H groups in total. The van der Waals surface area contributed by atoms with E-state index < -0.39 is 18.5 Å². The highest BCUT2D eigenvalue weighted by atomic mass is 19.1. The molecule has 1 fully saturated rings. The van der Waals surface area contributed by atoms with E-state index in [1.165, 1.54) is 19.2 Å². The van der Waals surface area contributed by atoms with E-state index in [9.17, 15) is 9.18 Å². The van der Waals surface area contributed by atoms with Gasteiger partial charge in [-0.15, -0.1) is 0 Å². The van der Waals surface area contributed by atoms with Gasteiger partial charge in [0, 0.05) is 50.5 Å². The van der Waals surface area contributed by atoms with E-state index in [2.05, 4.69) is 0 Å². The molecule has 2 heterocycles. The minimum atomic E-state index is -2.52. The first kappa shape index (κ1) is 19.6. The lowest BCUT2D eigenvalue weighted by molar-refractivity contribution is -0.0253. The second kappa shape index (κ2) is 9.59. The van der Waals surface area contributed by atoms with Crippen LogP contribution in [0.3, 0.4) is 0 Å². The van der Waals surface area contributed by atoms with Gasteiger partial charge in [0.1, 0.15) is 17.2 Å². The summed E-state index contributed by atoms with van der Waals surface area (Å²) in [5.41, 5.74) is 0.605. The molecule has 1 atom stereocenters. The van der Waals surface area contributed by atoms with Crippen LogP contribution in [0.4, 0.5) is 4.39 Å². The van der Waals surface area contributed by atoms with Crippen LogP contribution >= 0.6 is 0 Å². The fourth-order valence-electron chi connectivity index (χ4n) is 4.78. The molecule has 1 saturated heterocycles. The Morgan fingerprint density at radius 2 is 2.03 bits per heavy atom. The summed E-state index contributed by atoms with van der Waals surface area (Å²) in [4.78, 5) is 15.0. The van der Waals surface area contributed by atoms with Crippen LogP contribution in [0, 0.1) is 5.82 Å². The molecule has 178 valence electrons. The highest BCUT2D eigenvalue weighted by molar-refractivity contribution is 5.95. The van der Waals surface area contributed by atoms with Crippen LogP contribution in [0.5, 0.6) is 17.2 Å². The molecule has 0 bridgehead atoms. The highest BCUT2D eigenvalue weighted by Gasteiger charge is 2.44. The first-order chi connectivity index (χ1) is 17.0. The molecule has 0 aliphatic carbocycles. The minimum Gasteiger partial charge on any atom is -0.493 e. The zero-order chi connectivity index (χ0) is 26.1. The molecule has 2 aromatic rings. The summed E-state index contributed by atoms with van der Waals surface area (Å²) < 4.78 is 58.8. The van der Waals surface area contributed by atoms with Crippen molar-refractivity contribution >= 4 is 5.91 Å². The average molecular weight is 461 g/mol. The van der Waals surface area contributed by atoms with E-state index in [0.29, 0.717) is 55.2 Å². The lowest BCUT2D eigenvalue weighted by Gasteiger charge is -2.46. The Hall–Kier alpha value is -2.80. The van der Waals surface area contributed by atoms with Crippen LogP contribution in [0.2, 0.25) is 0 Å². The lowest BCUT2D eigenvalue weighted by Crippen LogP contribution is -2.52. The summed E-state index contributed by atoms with van der Waals surface area (Å²) >= 11 is 0. The van der Waals surface area contributed by atoms with E-state index in [0.717, 1.165) is 5.56 Å². The molecule has 7 heteroatoms. The molecule has 2 aliphatic rings. The zero-order valence-electron chi connectivity index (χ0n) is 22.2. The first-order valence-electron chi connectivity index (χ1n) is 12.7. The number of hydrogen-bond acceptors (Lipinski definition) is 5. The Bertz CT molecular complexity index is 1100. The van der Waals surface area contributed by atoms with Gasteiger partial charge in [0.15, 0.2) is 11.5 Å². The van der Waals surface area contributed by atoms with Gasteiger partial charge in [0.2, 0.25) is 0 Å². The fraction of sp³-hybridized carbons (Fsp3) is 0.500. The summed E-state index contributed by atoms with van der Waals surface area (Å²) in [5, 5.41) is 0. The van der Waals surface area contributed by atoms with Crippen LogP contribution in [-0.4, -0.2) is 56.4 Å². The number of benzene rings is 2. The molecular weight excluding hydrogens is 425 g/mol. The van der Waals surface area contributed by atoms with Crippen LogP contribution in [0.1, 0.15) is 59.1 Å². The average Bonchev–Trinajstić information content (AvgIpc) is 2.81. The Balaban J connectivity index is 1.48. The Labute approximate surface area is 198 Å². The normalized spacial score (nSPS) is 20.9. The van der Waals surface area contributed by atoms with Crippen molar-refractivity contribution < 1.29 is 32.2 Å². The molecule has 1 spiro atoms. The Kier molecular flexibility index (Phi) is 5.71. The highest BCUT2D eigenvalue weighted by Crippen LogP contribution is 2.45. The first-order valence-corrected chi connectivity index (χ1v) is 11.2. The number of likely N-dealkylation sites (tertiary alicyclic amines) is 1. The third kappa shape index (κ3) is 4.93. The SMILES string of the molecule is [2H]C([2H])([2H])OCC1CC2(CCN(C(=O)c3ccc(OC(C)C)c(OC)c3)CC2)Oc2cc(F)ccc21. The maximum Gasteiger partial charge on any atom is 0.253 e. The topological polar surface area (TPSA) is 57.2 Å². The van der Waals surface area contributed by atoms with Crippen molar-refractivity contribution in [1.29, 1.82) is 0 Å². The van der Waals surface area contributed by atoms with Gasteiger partial charge in [-0.05, 0) is 50.1 Å². The molecule has 33 heavy (non-hydrogen) atoms. The molecule has 0 radical (unpaired) electrons. The number of nitrogens with zero attached hydrogens (tertiary/aromatic N) is 1. The van der Waals surface area contributed by atoms with Crippen LogP contribution in [0.15, 0.2) is 36.4 Å². The van der Waals surface area contributed by atoms with Crippen molar-refractivity contribution in [2.24, 2.45) is 0 Å². The lowest BCUT2D eigenvalue weighted by atomic mass is 9.77.